The van der Waals surface area contributed by atoms with Crippen LogP contribution in [0.2, 0.25) is 0 Å². The van der Waals surface area contributed by atoms with E-state index in [1.807, 2.05) is 121 Å². The van der Waals surface area contributed by atoms with E-state index in [-0.39, 0.29) is 6.61 Å². The van der Waals surface area contributed by atoms with E-state index in [4.69, 9.17) is 23.7 Å². The van der Waals surface area contributed by atoms with Crippen LogP contribution in [0, 0.1) is 0 Å². The van der Waals surface area contributed by atoms with Crippen LogP contribution in [0.4, 0.5) is 0 Å². The second-order valence-electron chi connectivity index (χ2n) is 9.66. The quantitative estimate of drug-likeness (QED) is 0.182. The molecule has 4 aromatic rings. The van der Waals surface area contributed by atoms with Gasteiger partial charge in [-0.3, -0.25) is 0 Å². The lowest BCUT2D eigenvalue weighted by atomic mass is 9.98. The zero-order valence-electron chi connectivity index (χ0n) is 22.9. The van der Waals surface area contributed by atoms with Gasteiger partial charge in [0.15, 0.2) is 6.10 Å². The minimum atomic E-state index is -1.01. The summed E-state index contributed by atoms with van der Waals surface area (Å²) in [5.41, 5.74) is 2.43. The molecule has 0 bridgehead atoms. The van der Waals surface area contributed by atoms with Crippen LogP contribution in [0.15, 0.2) is 126 Å². The van der Waals surface area contributed by atoms with E-state index in [1.54, 1.807) is 0 Å². The molecule has 0 aliphatic carbocycles. The lowest BCUT2D eigenvalue weighted by Crippen LogP contribution is -2.61. The molecule has 41 heavy (non-hydrogen) atoms. The smallest absolute Gasteiger partial charge is 0.337 e. The van der Waals surface area contributed by atoms with Crippen molar-refractivity contribution in [2.45, 2.75) is 54.6 Å². The van der Waals surface area contributed by atoms with Crippen LogP contribution in [0.3, 0.4) is 0 Å². The Kier molecular flexibility index (Phi) is 10.6. The molecule has 5 rings (SSSR count). The first kappa shape index (κ1) is 29.0. The van der Waals surface area contributed by atoms with Gasteiger partial charge in [-0.25, -0.2) is 4.79 Å². The lowest BCUT2D eigenvalue weighted by Gasteiger charge is -2.45. The first-order valence-electron chi connectivity index (χ1n) is 13.6. The molecule has 0 unspecified atom stereocenters. The molecule has 1 fully saturated rings. The molecule has 5 atom stereocenters. The molecule has 0 N–H and O–H groups in total. The number of esters is 1. The van der Waals surface area contributed by atoms with Crippen molar-refractivity contribution in [3.05, 3.63) is 138 Å². The summed E-state index contributed by atoms with van der Waals surface area (Å²) in [5, 5.41) is 0. The van der Waals surface area contributed by atoms with Gasteiger partial charge in [-0.1, -0.05) is 121 Å². The van der Waals surface area contributed by atoms with Gasteiger partial charge in [0.05, 0.1) is 26.9 Å². The van der Waals surface area contributed by atoms with Gasteiger partial charge >= 0.3 is 5.97 Å². The van der Waals surface area contributed by atoms with E-state index in [9.17, 15) is 4.79 Å². The maximum Gasteiger partial charge on any atom is 0.337 e. The number of thioether (sulfide) groups is 1. The van der Waals surface area contributed by atoms with E-state index in [0.29, 0.717) is 13.2 Å². The van der Waals surface area contributed by atoms with Crippen LogP contribution in [-0.2, 0) is 48.3 Å². The van der Waals surface area contributed by atoms with Crippen LogP contribution in [0.25, 0.3) is 0 Å². The Morgan fingerprint density at radius 3 is 1.49 bits per heavy atom. The summed E-state index contributed by atoms with van der Waals surface area (Å²) in [4.78, 5) is 14.1. The third-order valence-corrected chi connectivity index (χ3v) is 7.94. The van der Waals surface area contributed by atoms with Gasteiger partial charge in [0.25, 0.3) is 0 Å². The molecule has 1 saturated heterocycles. The van der Waals surface area contributed by atoms with E-state index < -0.39 is 35.8 Å². The molecule has 1 aliphatic rings. The Morgan fingerprint density at radius 2 is 1.02 bits per heavy atom. The molecule has 0 aromatic heterocycles. The third kappa shape index (κ3) is 8.06. The van der Waals surface area contributed by atoms with Crippen molar-refractivity contribution in [1.82, 2.24) is 0 Å². The third-order valence-electron chi connectivity index (χ3n) is 6.78. The summed E-state index contributed by atoms with van der Waals surface area (Å²) < 4.78 is 31.3. The largest absolute Gasteiger partial charge is 0.467 e. The highest BCUT2D eigenvalue weighted by Gasteiger charge is 2.51. The molecular formula is C34H34O6S. The number of hydrogen-bond donors (Lipinski definition) is 0. The molecule has 1 aliphatic heterocycles. The Bertz CT molecular complexity index is 1320. The lowest BCUT2D eigenvalue weighted by molar-refractivity contribution is -0.248. The average Bonchev–Trinajstić information content (AvgIpc) is 3.04. The topological polar surface area (TPSA) is 63.2 Å². The first-order valence-corrected chi connectivity index (χ1v) is 14.5. The number of methoxy groups -OCH3 is 1. The van der Waals surface area contributed by atoms with E-state index in [1.165, 1.54) is 18.9 Å². The summed E-state index contributed by atoms with van der Waals surface area (Å²) in [5.74, 6) is -0.517. The molecule has 4 aromatic carbocycles. The summed E-state index contributed by atoms with van der Waals surface area (Å²) in [6, 6.07) is 39.6. The van der Waals surface area contributed by atoms with Crippen molar-refractivity contribution in [3.63, 3.8) is 0 Å². The number of carbonyl (C=O) groups excluding carboxylic acids is 1. The minimum Gasteiger partial charge on any atom is -0.467 e. The van der Waals surface area contributed by atoms with Gasteiger partial charge < -0.3 is 23.7 Å². The highest BCUT2D eigenvalue weighted by atomic mass is 32.2. The summed E-state index contributed by atoms with van der Waals surface area (Å²) in [6.45, 7) is 0.939. The van der Waals surface area contributed by atoms with Gasteiger partial charge in [0, 0.05) is 4.90 Å². The fourth-order valence-corrected chi connectivity index (χ4v) is 5.82. The monoisotopic (exact) mass is 570 g/mol. The Hall–Kier alpha value is -3.46. The van der Waals surface area contributed by atoms with Gasteiger partial charge in [0.2, 0.25) is 0 Å². The van der Waals surface area contributed by atoms with E-state index in [2.05, 4.69) is 0 Å². The number of hydrogen-bond acceptors (Lipinski definition) is 7. The van der Waals surface area contributed by atoms with Crippen LogP contribution in [-0.4, -0.2) is 42.9 Å². The second kappa shape index (κ2) is 15.0. The van der Waals surface area contributed by atoms with Crippen molar-refractivity contribution in [3.8, 4) is 0 Å². The fourth-order valence-electron chi connectivity index (χ4n) is 4.69. The SMILES string of the molecule is COC(=O)[C@H]1O[C@@H](Sc2ccccc2)[C@H](OCc2ccccc2)[C@@H](OCc2ccccc2)[C@@H]1OCc1ccccc1. The number of rotatable bonds is 12. The maximum absolute atomic E-state index is 13.2. The highest BCUT2D eigenvalue weighted by molar-refractivity contribution is 7.99. The first-order chi connectivity index (χ1) is 20.2. The maximum atomic E-state index is 13.2. The van der Waals surface area contributed by atoms with Crippen molar-refractivity contribution in [2.75, 3.05) is 7.11 Å². The zero-order chi connectivity index (χ0) is 28.3. The Balaban J connectivity index is 1.48. The van der Waals surface area contributed by atoms with Crippen molar-refractivity contribution >= 4 is 17.7 Å². The van der Waals surface area contributed by atoms with Crippen LogP contribution >= 0.6 is 11.8 Å². The summed E-state index contributed by atoms with van der Waals surface area (Å²) in [6.07, 6.45) is -2.99. The van der Waals surface area contributed by atoms with Crippen LogP contribution in [0.5, 0.6) is 0 Å². The number of carbonyl (C=O) groups is 1. The standard InChI is InChI=1S/C34H34O6S/c1-36-33(35)31-29(37-22-25-14-6-2-7-15-25)30(38-23-26-16-8-3-9-17-26)32(39-24-27-18-10-4-11-19-27)34(40-31)41-28-20-12-5-13-21-28/h2-21,29-32,34H,22-24H2,1H3/t29-,30-,31-,32+,34-/m0/s1. The van der Waals surface area contributed by atoms with E-state index >= 15 is 0 Å². The zero-order valence-corrected chi connectivity index (χ0v) is 23.7. The summed E-state index contributed by atoms with van der Waals surface area (Å²) >= 11 is 1.49. The normalized spacial score (nSPS) is 22.2. The van der Waals surface area contributed by atoms with Crippen molar-refractivity contribution in [1.29, 1.82) is 0 Å². The molecule has 0 saturated carbocycles. The highest BCUT2D eigenvalue weighted by Crippen LogP contribution is 2.38. The van der Waals surface area contributed by atoms with Crippen LogP contribution < -0.4 is 0 Å². The van der Waals surface area contributed by atoms with Gasteiger partial charge in [-0.2, -0.15) is 0 Å². The Morgan fingerprint density at radius 1 is 0.610 bits per heavy atom. The molecule has 212 valence electrons. The number of ether oxygens (including phenoxy) is 5. The van der Waals surface area contributed by atoms with Gasteiger partial charge in [-0.05, 0) is 28.8 Å². The second-order valence-corrected chi connectivity index (χ2v) is 10.8. The molecule has 7 heteroatoms. The Labute approximate surface area is 245 Å². The van der Waals surface area contributed by atoms with Crippen molar-refractivity contribution < 1.29 is 28.5 Å². The predicted molar refractivity (Wildman–Crippen MR) is 158 cm³/mol. The van der Waals surface area contributed by atoms with Gasteiger partial charge in [0.1, 0.15) is 23.7 Å². The molecule has 6 nitrogen and oxygen atoms in total. The molecule has 0 amide bonds. The fraction of sp³-hybridized carbons (Fsp3) is 0.265. The molecule has 0 radical (unpaired) electrons. The van der Waals surface area contributed by atoms with Crippen LogP contribution in [0.1, 0.15) is 16.7 Å². The average molecular weight is 571 g/mol. The van der Waals surface area contributed by atoms with Crippen molar-refractivity contribution in [2.24, 2.45) is 0 Å². The predicted octanol–water partition coefficient (Wildman–Crippen LogP) is 6.43. The number of benzene rings is 4. The molecular weight excluding hydrogens is 536 g/mol. The van der Waals surface area contributed by atoms with Gasteiger partial charge in [-0.15, -0.1) is 0 Å². The minimum absolute atomic E-state index is 0.273. The molecule has 1 heterocycles. The van der Waals surface area contributed by atoms with E-state index in [0.717, 1.165) is 21.6 Å². The summed E-state index contributed by atoms with van der Waals surface area (Å²) in [7, 11) is 1.36. The molecule has 0 spiro atoms.